The van der Waals surface area contributed by atoms with E-state index < -0.39 is 0 Å². The zero-order valence-corrected chi connectivity index (χ0v) is 11.3. The van der Waals surface area contributed by atoms with Crippen LogP contribution in [0.1, 0.15) is 22.7 Å². The van der Waals surface area contributed by atoms with Crippen molar-refractivity contribution in [2.45, 2.75) is 18.7 Å². The van der Waals surface area contributed by atoms with Crippen molar-refractivity contribution in [3.05, 3.63) is 65.2 Å². The SMILES string of the molecule is Cc1ccccc1NC1CSCc2ccccc21. The summed E-state index contributed by atoms with van der Waals surface area (Å²) in [7, 11) is 0. The maximum absolute atomic E-state index is 3.68. The smallest absolute Gasteiger partial charge is 0.0607 e. The molecule has 1 unspecified atom stereocenters. The van der Waals surface area contributed by atoms with Crippen molar-refractivity contribution in [3.63, 3.8) is 0 Å². The van der Waals surface area contributed by atoms with E-state index in [9.17, 15) is 0 Å². The van der Waals surface area contributed by atoms with Gasteiger partial charge in [-0.25, -0.2) is 0 Å². The summed E-state index contributed by atoms with van der Waals surface area (Å²) in [6.07, 6.45) is 0. The molecule has 1 heterocycles. The van der Waals surface area contributed by atoms with Gasteiger partial charge in [-0.15, -0.1) is 0 Å². The van der Waals surface area contributed by atoms with Crippen LogP contribution in [0.4, 0.5) is 5.69 Å². The Morgan fingerprint density at radius 2 is 1.83 bits per heavy atom. The average molecular weight is 255 g/mol. The van der Waals surface area contributed by atoms with E-state index in [4.69, 9.17) is 0 Å². The molecule has 92 valence electrons. The van der Waals surface area contributed by atoms with E-state index in [0.717, 1.165) is 11.5 Å². The predicted molar refractivity (Wildman–Crippen MR) is 80.1 cm³/mol. The number of benzene rings is 2. The van der Waals surface area contributed by atoms with Gasteiger partial charge < -0.3 is 5.32 Å². The first-order valence-corrected chi connectivity index (χ1v) is 7.48. The van der Waals surface area contributed by atoms with Crippen molar-refractivity contribution in [1.82, 2.24) is 0 Å². The number of para-hydroxylation sites is 1. The molecule has 0 amide bonds. The normalized spacial score (nSPS) is 18.2. The van der Waals surface area contributed by atoms with Crippen LogP contribution in [0.25, 0.3) is 0 Å². The monoisotopic (exact) mass is 255 g/mol. The molecule has 1 atom stereocenters. The van der Waals surface area contributed by atoms with Crippen LogP contribution < -0.4 is 5.32 Å². The van der Waals surface area contributed by atoms with E-state index in [1.807, 2.05) is 11.8 Å². The highest BCUT2D eigenvalue weighted by molar-refractivity contribution is 7.98. The molecule has 1 nitrogen and oxygen atoms in total. The summed E-state index contributed by atoms with van der Waals surface area (Å²) >= 11 is 2.01. The standard InChI is InChI=1S/C16H17NS/c1-12-6-2-5-9-15(12)17-16-11-18-10-13-7-3-4-8-14(13)16/h2-9,16-17H,10-11H2,1H3. The van der Waals surface area contributed by atoms with Crippen LogP contribution in [0.3, 0.4) is 0 Å². The lowest BCUT2D eigenvalue weighted by Crippen LogP contribution is -2.19. The third kappa shape index (κ3) is 2.25. The molecule has 0 aromatic heterocycles. The molecule has 3 rings (SSSR count). The van der Waals surface area contributed by atoms with Crippen LogP contribution >= 0.6 is 11.8 Å². The van der Waals surface area contributed by atoms with E-state index in [1.165, 1.54) is 22.4 Å². The number of hydrogen-bond acceptors (Lipinski definition) is 2. The van der Waals surface area contributed by atoms with Gasteiger partial charge in [0.1, 0.15) is 0 Å². The zero-order chi connectivity index (χ0) is 12.4. The second kappa shape index (κ2) is 5.07. The second-order valence-electron chi connectivity index (χ2n) is 4.73. The van der Waals surface area contributed by atoms with Gasteiger partial charge in [-0.3, -0.25) is 0 Å². The Labute approximate surface area is 113 Å². The van der Waals surface area contributed by atoms with Crippen LogP contribution in [-0.2, 0) is 5.75 Å². The number of hydrogen-bond donors (Lipinski definition) is 1. The molecule has 2 aromatic rings. The van der Waals surface area contributed by atoms with Gasteiger partial charge in [-0.2, -0.15) is 11.8 Å². The third-order valence-electron chi connectivity index (χ3n) is 3.45. The van der Waals surface area contributed by atoms with Gasteiger partial charge in [0, 0.05) is 17.2 Å². The van der Waals surface area contributed by atoms with Gasteiger partial charge in [0.05, 0.1) is 6.04 Å². The Bertz CT molecular complexity index is 550. The quantitative estimate of drug-likeness (QED) is 0.854. The molecule has 1 aliphatic heterocycles. The van der Waals surface area contributed by atoms with E-state index in [-0.39, 0.29) is 0 Å². The Morgan fingerprint density at radius 1 is 1.06 bits per heavy atom. The van der Waals surface area contributed by atoms with Crippen molar-refractivity contribution < 1.29 is 0 Å². The number of fused-ring (bicyclic) bond motifs is 1. The third-order valence-corrected chi connectivity index (χ3v) is 4.53. The van der Waals surface area contributed by atoms with E-state index in [0.29, 0.717) is 6.04 Å². The molecule has 0 radical (unpaired) electrons. The van der Waals surface area contributed by atoms with Gasteiger partial charge in [0.15, 0.2) is 0 Å². The molecular weight excluding hydrogens is 238 g/mol. The van der Waals surface area contributed by atoms with Crippen molar-refractivity contribution in [2.24, 2.45) is 0 Å². The molecule has 0 saturated heterocycles. The summed E-state index contributed by atoms with van der Waals surface area (Å²) < 4.78 is 0. The number of aryl methyl sites for hydroxylation is 1. The summed E-state index contributed by atoms with van der Waals surface area (Å²) in [5, 5.41) is 3.68. The van der Waals surface area contributed by atoms with Gasteiger partial charge in [0.2, 0.25) is 0 Å². The first-order valence-electron chi connectivity index (χ1n) is 6.32. The fraction of sp³-hybridized carbons (Fsp3) is 0.250. The fourth-order valence-electron chi connectivity index (χ4n) is 2.42. The topological polar surface area (TPSA) is 12.0 Å². The van der Waals surface area contributed by atoms with Gasteiger partial charge >= 0.3 is 0 Å². The largest absolute Gasteiger partial charge is 0.377 e. The molecule has 18 heavy (non-hydrogen) atoms. The number of nitrogens with one attached hydrogen (secondary N) is 1. The summed E-state index contributed by atoms with van der Waals surface area (Å²) in [6, 6.07) is 17.7. The van der Waals surface area contributed by atoms with Crippen LogP contribution in [-0.4, -0.2) is 5.75 Å². The molecule has 2 aromatic carbocycles. The first kappa shape index (κ1) is 11.7. The van der Waals surface area contributed by atoms with Crippen molar-refractivity contribution in [1.29, 1.82) is 0 Å². The summed E-state index contributed by atoms with van der Waals surface area (Å²) in [4.78, 5) is 0. The summed E-state index contributed by atoms with van der Waals surface area (Å²) in [5.41, 5.74) is 5.49. The van der Waals surface area contributed by atoms with E-state index in [2.05, 4.69) is 60.8 Å². The summed E-state index contributed by atoms with van der Waals surface area (Å²) in [6.45, 7) is 2.16. The molecular formula is C16H17NS. The lowest BCUT2D eigenvalue weighted by molar-refractivity contribution is 0.869. The highest BCUT2D eigenvalue weighted by atomic mass is 32.2. The predicted octanol–water partition coefficient (Wildman–Crippen LogP) is 4.40. The summed E-state index contributed by atoms with van der Waals surface area (Å²) in [5.74, 6) is 2.29. The lowest BCUT2D eigenvalue weighted by atomic mass is 10.0. The van der Waals surface area contributed by atoms with Gasteiger partial charge in [-0.1, -0.05) is 42.5 Å². The van der Waals surface area contributed by atoms with Crippen molar-refractivity contribution in [3.8, 4) is 0 Å². The fourth-order valence-corrected chi connectivity index (χ4v) is 3.52. The molecule has 0 spiro atoms. The molecule has 1 aliphatic rings. The minimum atomic E-state index is 0.432. The zero-order valence-electron chi connectivity index (χ0n) is 10.5. The van der Waals surface area contributed by atoms with E-state index in [1.54, 1.807) is 0 Å². The number of rotatable bonds is 2. The highest BCUT2D eigenvalue weighted by Crippen LogP contribution is 2.34. The highest BCUT2D eigenvalue weighted by Gasteiger charge is 2.20. The molecule has 0 aliphatic carbocycles. The lowest BCUT2D eigenvalue weighted by Gasteiger charge is -2.27. The Morgan fingerprint density at radius 3 is 2.72 bits per heavy atom. The van der Waals surface area contributed by atoms with Crippen LogP contribution in [0.5, 0.6) is 0 Å². The average Bonchev–Trinajstić information content (AvgIpc) is 2.42. The van der Waals surface area contributed by atoms with Gasteiger partial charge in [-0.05, 0) is 29.7 Å². The number of thioether (sulfide) groups is 1. The van der Waals surface area contributed by atoms with Crippen molar-refractivity contribution >= 4 is 17.4 Å². The number of anilines is 1. The minimum Gasteiger partial charge on any atom is -0.377 e. The molecule has 2 heteroatoms. The van der Waals surface area contributed by atoms with E-state index >= 15 is 0 Å². The Balaban J connectivity index is 1.89. The molecule has 0 fully saturated rings. The molecule has 0 bridgehead atoms. The van der Waals surface area contributed by atoms with Gasteiger partial charge in [0.25, 0.3) is 0 Å². The maximum Gasteiger partial charge on any atom is 0.0607 e. The van der Waals surface area contributed by atoms with Crippen LogP contribution in [0, 0.1) is 6.92 Å². The minimum absolute atomic E-state index is 0.432. The van der Waals surface area contributed by atoms with Crippen LogP contribution in [0.15, 0.2) is 48.5 Å². The molecule has 1 N–H and O–H groups in total. The first-order chi connectivity index (χ1) is 8.84. The Hall–Kier alpha value is -1.41. The van der Waals surface area contributed by atoms with Crippen LogP contribution in [0.2, 0.25) is 0 Å². The molecule has 0 saturated carbocycles. The van der Waals surface area contributed by atoms with Crippen molar-refractivity contribution in [2.75, 3.05) is 11.1 Å². The Kier molecular flexibility index (Phi) is 3.28. The second-order valence-corrected chi connectivity index (χ2v) is 5.76. The maximum atomic E-state index is 3.68.